The van der Waals surface area contributed by atoms with Crippen molar-refractivity contribution in [2.45, 2.75) is 41.3 Å². The quantitative estimate of drug-likeness (QED) is 0.230. The summed E-state index contributed by atoms with van der Waals surface area (Å²) >= 11 is 24.4. The predicted octanol–water partition coefficient (Wildman–Crippen LogP) is 6.95. The van der Waals surface area contributed by atoms with Gasteiger partial charge in [0.1, 0.15) is 5.82 Å². The van der Waals surface area contributed by atoms with Crippen LogP contribution in [0.25, 0.3) is 11.4 Å². The molecule has 0 bridgehead atoms. The van der Waals surface area contributed by atoms with E-state index in [1.807, 2.05) is 43.4 Å². The number of hydrogen-bond acceptors (Lipinski definition) is 3. The van der Waals surface area contributed by atoms with Crippen LogP contribution in [0.1, 0.15) is 42.6 Å². The molecule has 0 N–H and O–H groups in total. The summed E-state index contributed by atoms with van der Waals surface area (Å²) in [6, 6.07) is 16.0. The maximum Gasteiger partial charge on any atom is 0.216 e. The Balaban J connectivity index is 1.08. The topological polar surface area (TPSA) is 34.0 Å². The van der Waals surface area contributed by atoms with E-state index in [-0.39, 0.29) is 0 Å². The van der Waals surface area contributed by atoms with Crippen LogP contribution in [-0.4, -0.2) is 39.3 Å². The summed E-state index contributed by atoms with van der Waals surface area (Å²) in [5, 5.41) is 9.48. The first kappa shape index (κ1) is 24.4. The number of piperidine rings is 1. The second-order valence-corrected chi connectivity index (χ2v) is 12.3. The molecule has 0 spiro atoms. The average molecular weight is 538 g/mol. The van der Waals surface area contributed by atoms with E-state index in [4.69, 9.17) is 46.4 Å². The van der Waals surface area contributed by atoms with Gasteiger partial charge in [-0.15, -0.1) is 10.2 Å². The van der Waals surface area contributed by atoms with E-state index in [2.05, 4.69) is 31.8 Å². The van der Waals surface area contributed by atoms with Crippen LogP contribution in [0.5, 0.6) is 0 Å². The summed E-state index contributed by atoms with van der Waals surface area (Å²) in [4.78, 5) is 2.62. The highest BCUT2D eigenvalue weighted by Crippen LogP contribution is 2.59. The van der Waals surface area contributed by atoms with Crippen molar-refractivity contribution >= 4 is 46.4 Å². The zero-order chi connectivity index (χ0) is 23.9. The average Bonchev–Trinajstić information content (AvgIpc) is 3.19. The highest BCUT2D eigenvalue weighted by Gasteiger charge is 2.60. The lowest BCUT2D eigenvalue weighted by Gasteiger charge is -2.21. The molecular formula is C26H28Cl4N4. The van der Waals surface area contributed by atoms with Gasteiger partial charge in [0, 0.05) is 43.1 Å². The molecule has 1 saturated carbocycles. The molecule has 0 amide bonds. The third-order valence-corrected chi connectivity index (χ3v) is 8.44. The highest BCUT2D eigenvalue weighted by atomic mass is 35.6. The molecule has 180 valence electrons. The molecular weight excluding hydrogens is 510 g/mol. The Labute approximate surface area is 221 Å². The van der Waals surface area contributed by atoms with Crippen molar-refractivity contribution in [3.63, 3.8) is 0 Å². The van der Waals surface area contributed by atoms with Crippen molar-refractivity contribution in [3.05, 3.63) is 70.5 Å². The number of nitrogens with zero attached hydrogens (tertiary/aromatic N) is 4. The summed E-state index contributed by atoms with van der Waals surface area (Å²) in [5.74, 6) is 2.59. The highest BCUT2D eigenvalue weighted by molar-refractivity contribution is 6.66. The van der Waals surface area contributed by atoms with E-state index < -0.39 is 3.79 Å². The fraction of sp³-hybridized carbons (Fsp3) is 0.462. The zero-order valence-corrected chi connectivity index (χ0v) is 22.2. The number of benzene rings is 2. The Kier molecular flexibility index (Phi) is 6.91. The molecule has 1 aromatic heterocycles. The standard InChI is InChI=1S/C26H28Cl4N4/c1-33-23(31-32-24(33)21-7-4-5-8-22(21)27)9-3-2-6-14-34-16-20-15-25(20,17-34)18-10-12-19(13-11-18)26(28,29)30/h4-5,7-8,10-13,20H,2-3,6,9,14-17H2,1H3/t20-,25+/m0/s1. The van der Waals surface area contributed by atoms with Gasteiger partial charge in [-0.25, -0.2) is 0 Å². The molecule has 8 heteroatoms. The third kappa shape index (κ3) is 4.85. The van der Waals surface area contributed by atoms with Gasteiger partial charge in [-0.1, -0.05) is 89.2 Å². The second-order valence-electron chi connectivity index (χ2n) is 9.66. The first-order chi connectivity index (χ1) is 16.3. The number of halogens is 4. The SMILES string of the molecule is Cn1c(CCCCCN2C[C@@H]3C[C@]3(c3ccc(C(Cl)(Cl)Cl)cc3)C2)nnc1-c1ccccc1Cl. The number of likely N-dealkylation sites (tertiary alicyclic amines) is 1. The van der Waals surface area contributed by atoms with Gasteiger partial charge in [-0.05, 0) is 49.4 Å². The molecule has 1 saturated heterocycles. The van der Waals surface area contributed by atoms with Crippen molar-refractivity contribution in [2.75, 3.05) is 19.6 Å². The molecule has 2 aliphatic rings. The van der Waals surface area contributed by atoms with Crippen LogP contribution >= 0.6 is 46.4 Å². The molecule has 0 unspecified atom stereocenters. The van der Waals surface area contributed by atoms with Gasteiger partial charge in [0.2, 0.25) is 3.79 Å². The van der Waals surface area contributed by atoms with Gasteiger partial charge in [0.25, 0.3) is 0 Å². The van der Waals surface area contributed by atoms with E-state index in [1.54, 1.807) is 0 Å². The van der Waals surface area contributed by atoms with Crippen LogP contribution in [0.15, 0.2) is 48.5 Å². The molecule has 2 heterocycles. The van der Waals surface area contributed by atoms with Gasteiger partial charge >= 0.3 is 0 Å². The molecule has 2 aromatic carbocycles. The Morgan fingerprint density at radius 2 is 1.76 bits per heavy atom. The lowest BCUT2D eigenvalue weighted by Crippen LogP contribution is -2.27. The minimum Gasteiger partial charge on any atom is -0.314 e. The van der Waals surface area contributed by atoms with Crippen LogP contribution in [0.2, 0.25) is 5.02 Å². The summed E-state index contributed by atoms with van der Waals surface area (Å²) in [5.41, 5.74) is 3.34. The molecule has 4 nitrogen and oxygen atoms in total. The molecule has 0 radical (unpaired) electrons. The lowest BCUT2D eigenvalue weighted by molar-refractivity contribution is 0.290. The van der Waals surface area contributed by atoms with Gasteiger partial charge in [-0.2, -0.15) is 0 Å². The van der Waals surface area contributed by atoms with E-state index in [9.17, 15) is 0 Å². The number of fused-ring (bicyclic) bond motifs is 1. The summed E-state index contributed by atoms with van der Waals surface area (Å²) in [6.07, 6.45) is 5.69. The van der Waals surface area contributed by atoms with Gasteiger partial charge in [0.15, 0.2) is 5.82 Å². The zero-order valence-electron chi connectivity index (χ0n) is 19.2. The molecule has 3 aromatic rings. The maximum atomic E-state index is 6.33. The van der Waals surface area contributed by atoms with Crippen molar-refractivity contribution in [3.8, 4) is 11.4 Å². The van der Waals surface area contributed by atoms with E-state index in [0.29, 0.717) is 10.4 Å². The predicted molar refractivity (Wildman–Crippen MR) is 141 cm³/mol. The molecule has 5 rings (SSSR count). The minimum atomic E-state index is -1.36. The Bertz CT molecular complexity index is 1150. The first-order valence-electron chi connectivity index (χ1n) is 11.8. The number of hydrogen-bond donors (Lipinski definition) is 0. The summed E-state index contributed by atoms with van der Waals surface area (Å²) < 4.78 is 0.703. The van der Waals surface area contributed by atoms with Crippen molar-refractivity contribution in [1.29, 1.82) is 0 Å². The van der Waals surface area contributed by atoms with Crippen LogP contribution < -0.4 is 0 Å². The number of unbranched alkanes of at least 4 members (excludes halogenated alkanes) is 2. The number of alkyl halides is 3. The van der Waals surface area contributed by atoms with Crippen LogP contribution in [0, 0.1) is 5.92 Å². The molecule has 2 fully saturated rings. The normalized spacial score (nSPS) is 22.2. The number of rotatable bonds is 8. The Hall–Kier alpha value is -1.30. The maximum absolute atomic E-state index is 6.33. The Morgan fingerprint density at radius 3 is 2.50 bits per heavy atom. The molecule has 34 heavy (non-hydrogen) atoms. The second kappa shape index (κ2) is 9.63. The third-order valence-electron chi connectivity index (χ3n) is 7.46. The van der Waals surface area contributed by atoms with Crippen molar-refractivity contribution in [1.82, 2.24) is 19.7 Å². The number of aromatic nitrogens is 3. The molecule has 1 aliphatic heterocycles. The number of aryl methyl sites for hydroxylation is 1. The van der Waals surface area contributed by atoms with Crippen LogP contribution in [-0.2, 0) is 22.7 Å². The summed E-state index contributed by atoms with van der Waals surface area (Å²) in [6.45, 7) is 3.47. The summed E-state index contributed by atoms with van der Waals surface area (Å²) in [7, 11) is 2.02. The first-order valence-corrected chi connectivity index (χ1v) is 13.3. The Morgan fingerprint density at radius 1 is 1.00 bits per heavy atom. The fourth-order valence-electron chi connectivity index (χ4n) is 5.45. The van der Waals surface area contributed by atoms with E-state index >= 15 is 0 Å². The monoisotopic (exact) mass is 536 g/mol. The van der Waals surface area contributed by atoms with Gasteiger partial charge in [0.05, 0.1) is 5.02 Å². The van der Waals surface area contributed by atoms with Crippen LogP contribution in [0.3, 0.4) is 0 Å². The van der Waals surface area contributed by atoms with Gasteiger partial charge in [-0.3, -0.25) is 0 Å². The largest absolute Gasteiger partial charge is 0.314 e. The van der Waals surface area contributed by atoms with E-state index in [0.717, 1.165) is 54.6 Å². The van der Waals surface area contributed by atoms with Crippen molar-refractivity contribution < 1.29 is 0 Å². The van der Waals surface area contributed by atoms with E-state index in [1.165, 1.54) is 31.4 Å². The van der Waals surface area contributed by atoms with Gasteiger partial charge < -0.3 is 9.47 Å². The van der Waals surface area contributed by atoms with Crippen LogP contribution in [0.4, 0.5) is 0 Å². The molecule has 2 atom stereocenters. The smallest absolute Gasteiger partial charge is 0.216 e. The lowest BCUT2D eigenvalue weighted by atomic mass is 9.94. The fourth-order valence-corrected chi connectivity index (χ4v) is 6.05. The molecule has 1 aliphatic carbocycles. The van der Waals surface area contributed by atoms with Crippen molar-refractivity contribution in [2.24, 2.45) is 13.0 Å². The minimum absolute atomic E-state index is 0.305.